The van der Waals surface area contributed by atoms with Crippen molar-refractivity contribution in [2.45, 2.75) is 19.1 Å². The van der Waals surface area contributed by atoms with Crippen LogP contribution in [0.1, 0.15) is 24.5 Å². The van der Waals surface area contributed by atoms with Crippen LogP contribution in [-0.4, -0.2) is 0 Å². The number of benzene rings is 1. The summed E-state index contributed by atoms with van der Waals surface area (Å²) in [4.78, 5) is 1.51. The quantitative estimate of drug-likeness (QED) is 0.629. The van der Waals surface area contributed by atoms with Crippen LogP contribution in [0.25, 0.3) is 6.08 Å². The zero-order chi connectivity index (χ0) is 8.39. The first-order valence-corrected chi connectivity index (χ1v) is 5.30. The summed E-state index contributed by atoms with van der Waals surface area (Å²) in [6.07, 6.45) is 3.47. The molecule has 0 radical (unpaired) electrons. The number of thioether (sulfide) groups is 1. The molecule has 0 nitrogen and oxygen atoms in total. The van der Waals surface area contributed by atoms with Crippen molar-refractivity contribution in [3.8, 4) is 0 Å². The fourth-order valence-electron chi connectivity index (χ4n) is 1.40. The third-order valence-electron chi connectivity index (χ3n) is 2.13. The van der Waals surface area contributed by atoms with Crippen LogP contribution in [0.2, 0.25) is 0 Å². The second-order valence-corrected chi connectivity index (χ2v) is 4.05. The van der Waals surface area contributed by atoms with Gasteiger partial charge < -0.3 is 0 Å². The van der Waals surface area contributed by atoms with E-state index in [0.29, 0.717) is 0 Å². The Morgan fingerprint density at radius 2 is 2.17 bits per heavy atom. The van der Waals surface area contributed by atoms with E-state index in [1.807, 2.05) is 11.8 Å². The normalized spacial score (nSPS) is 15.2. The lowest BCUT2D eigenvalue weighted by atomic mass is 10.1. The number of fused-ring (bicyclic) bond motifs is 1. The second-order valence-electron chi connectivity index (χ2n) is 2.95. The zero-order valence-electron chi connectivity index (χ0n) is 7.21. The topological polar surface area (TPSA) is 0 Å². The zero-order valence-corrected chi connectivity index (χ0v) is 8.03. The third kappa shape index (κ3) is 1.42. The molecule has 2 rings (SSSR count). The molecule has 12 heavy (non-hydrogen) atoms. The van der Waals surface area contributed by atoms with E-state index in [0.717, 1.165) is 5.75 Å². The van der Waals surface area contributed by atoms with Gasteiger partial charge in [-0.1, -0.05) is 31.2 Å². The predicted molar refractivity (Wildman–Crippen MR) is 56.0 cm³/mol. The highest BCUT2D eigenvalue weighted by Crippen LogP contribution is 2.32. The molecule has 0 saturated heterocycles. The lowest BCUT2D eigenvalue weighted by molar-refractivity contribution is 1.20. The highest BCUT2D eigenvalue weighted by atomic mass is 32.2. The van der Waals surface area contributed by atoms with Gasteiger partial charge in [0.15, 0.2) is 0 Å². The molecule has 0 saturated carbocycles. The first kappa shape index (κ1) is 7.93. The van der Waals surface area contributed by atoms with E-state index in [-0.39, 0.29) is 0 Å². The molecule has 0 aliphatic carbocycles. The van der Waals surface area contributed by atoms with Gasteiger partial charge in [0.25, 0.3) is 0 Å². The Morgan fingerprint density at radius 3 is 3.00 bits per heavy atom. The molecule has 0 unspecified atom stereocenters. The first-order chi connectivity index (χ1) is 5.90. The van der Waals surface area contributed by atoms with Gasteiger partial charge in [-0.2, -0.15) is 0 Å². The number of rotatable bonds is 1. The Hall–Kier alpha value is -0.690. The van der Waals surface area contributed by atoms with E-state index in [9.17, 15) is 0 Å². The monoisotopic (exact) mass is 176 g/mol. The van der Waals surface area contributed by atoms with E-state index in [2.05, 4.69) is 37.3 Å². The van der Waals surface area contributed by atoms with Gasteiger partial charge in [-0.15, -0.1) is 11.8 Å². The maximum absolute atomic E-state index is 2.31. The SMILES string of the molecule is CCC1=Cc2ccccc2CS1. The van der Waals surface area contributed by atoms with Gasteiger partial charge in [-0.05, 0) is 28.5 Å². The maximum Gasteiger partial charge on any atom is 0.0234 e. The van der Waals surface area contributed by atoms with Crippen LogP contribution in [0.5, 0.6) is 0 Å². The Kier molecular flexibility index (Phi) is 2.22. The van der Waals surface area contributed by atoms with Crippen molar-refractivity contribution >= 4 is 17.8 Å². The summed E-state index contributed by atoms with van der Waals surface area (Å²) < 4.78 is 0. The maximum atomic E-state index is 2.31. The molecule has 0 spiro atoms. The smallest absolute Gasteiger partial charge is 0.0234 e. The summed E-state index contributed by atoms with van der Waals surface area (Å²) in [5.41, 5.74) is 2.88. The summed E-state index contributed by atoms with van der Waals surface area (Å²) in [5, 5.41) is 0. The lowest BCUT2D eigenvalue weighted by Gasteiger charge is -2.14. The van der Waals surface area contributed by atoms with Gasteiger partial charge in [0.05, 0.1) is 0 Å². The molecule has 1 aliphatic rings. The molecule has 62 valence electrons. The van der Waals surface area contributed by atoms with Crippen molar-refractivity contribution in [2.24, 2.45) is 0 Å². The molecule has 1 aliphatic heterocycles. The summed E-state index contributed by atoms with van der Waals surface area (Å²) in [5.74, 6) is 1.15. The molecule has 0 N–H and O–H groups in total. The standard InChI is InChI=1S/C11H12S/c1-2-11-7-9-5-3-4-6-10(9)8-12-11/h3-7H,2,8H2,1H3. The van der Waals surface area contributed by atoms with E-state index in [1.165, 1.54) is 22.5 Å². The van der Waals surface area contributed by atoms with Crippen molar-refractivity contribution in [2.75, 3.05) is 0 Å². The Bertz CT molecular complexity index is 313. The second kappa shape index (κ2) is 3.36. The van der Waals surface area contributed by atoms with E-state index in [4.69, 9.17) is 0 Å². The molecular weight excluding hydrogens is 164 g/mol. The summed E-state index contributed by atoms with van der Waals surface area (Å²) in [6.45, 7) is 2.22. The summed E-state index contributed by atoms with van der Waals surface area (Å²) in [6, 6.07) is 8.64. The number of allylic oxidation sites excluding steroid dienone is 1. The van der Waals surface area contributed by atoms with Crippen LogP contribution < -0.4 is 0 Å². The molecule has 0 fully saturated rings. The predicted octanol–water partition coefficient (Wildman–Crippen LogP) is 3.68. The van der Waals surface area contributed by atoms with Crippen molar-refractivity contribution in [3.63, 3.8) is 0 Å². The van der Waals surface area contributed by atoms with E-state index in [1.54, 1.807) is 0 Å². The van der Waals surface area contributed by atoms with Crippen LogP contribution in [-0.2, 0) is 5.75 Å². The molecule has 1 aromatic carbocycles. The average molecular weight is 176 g/mol. The van der Waals surface area contributed by atoms with Crippen molar-refractivity contribution in [1.29, 1.82) is 0 Å². The van der Waals surface area contributed by atoms with Crippen LogP contribution >= 0.6 is 11.8 Å². The van der Waals surface area contributed by atoms with Crippen LogP contribution in [0.3, 0.4) is 0 Å². The minimum atomic E-state index is 1.15. The van der Waals surface area contributed by atoms with Gasteiger partial charge in [-0.25, -0.2) is 0 Å². The van der Waals surface area contributed by atoms with Crippen molar-refractivity contribution < 1.29 is 0 Å². The Morgan fingerprint density at radius 1 is 1.33 bits per heavy atom. The minimum Gasteiger partial charge on any atom is -0.126 e. The van der Waals surface area contributed by atoms with E-state index >= 15 is 0 Å². The molecule has 0 bridgehead atoms. The minimum absolute atomic E-state index is 1.15. The van der Waals surface area contributed by atoms with Crippen molar-refractivity contribution in [3.05, 3.63) is 40.3 Å². The highest BCUT2D eigenvalue weighted by molar-refractivity contribution is 8.02. The van der Waals surface area contributed by atoms with Gasteiger partial charge in [0.1, 0.15) is 0 Å². The molecule has 1 heteroatoms. The van der Waals surface area contributed by atoms with Crippen molar-refractivity contribution in [1.82, 2.24) is 0 Å². The number of hydrogen-bond acceptors (Lipinski definition) is 1. The van der Waals surface area contributed by atoms with Gasteiger partial charge >= 0.3 is 0 Å². The lowest BCUT2D eigenvalue weighted by Crippen LogP contribution is -1.92. The highest BCUT2D eigenvalue weighted by Gasteiger charge is 2.07. The van der Waals surface area contributed by atoms with Gasteiger partial charge in [-0.3, -0.25) is 0 Å². The summed E-state index contributed by atoms with van der Waals surface area (Å²) >= 11 is 1.97. The fourth-order valence-corrected chi connectivity index (χ4v) is 2.41. The van der Waals surface area contributed by atoms with Crippen LogP contribution in [0, 0.1) is 0 Å². The van der Waals surface area contributed by atoms with Gasteiger partial charge in [0, 0.05) is 5.75 Å². The van der Waals surface area contributed by atoms with E-state index < -0.39 is 0 Å². The Balaban J connectivity index is 2.41. The molecule has 1 aromatic rings. The van der Waals surface area contributed by atoms with Crippen LogP contribution in [0.15, 0.2) is 29.2 Å². The first-order valence-electron chi connectivity index (χ1n) is 4.31. The average Bonchev–Trinajstić information content (AvgIpc) is 2.17. The summed E-state index contributed by atoms with van der Waals surface area (Å²) in [7, 11) is 0. The largest absolute Gasteiger partial charge is 0.126 e. The number of hydrogen-bond donors (Lipinski definition) is 0. The Labute approximate surface area is 77.7 Å². The molecule has 1 heterocycles. The molecular formula is C11H12S. The molecule has 0 atom stereocenters. The molecule has 0 aromatic heterocycles. The van der Waals surface area contributed by atoms with Gasteiger partial charge in [0.2, 0.25) is 0 Å². The van der Waals surface area contributed by atoms with Crippen LogP contribution in [0.4, 0.5) is 0 Å². The molecule has 0 amide bonds. The fraction of sp³-hybridized carbons (Fsp3) is 0.273. The third-order valence-corrected chi connectivity index (χ3v) is 3.37.